The lowest BCUT2D eigenvalue weighted by atomic mass is 9.76. The van der Waals surface area contributed by atoms with Crippen molar-refractivity contribution in [1.82, 2.24) is 10.3 Å². The molecular weight excluding hydrogens is 244 g/mol. The topological polar surface area (TPSA) is 24.9 Å². The average Bonchev–Trinajstić information content (AvgIpc) is 2.41. The average molecular weight is 274 g/mol. The van der Waals surface area contributed by atoms with Gasteiger partial charge in [-0.3, -0.25) is 4.98 Å². The molecule has 0 bridgehead atoms. The van der Waals surface area contributed by atoms with Gasteiger partial charge in [-0.05, 0) is 63.1 Å². The van der Waals surface area contributed by atoms with Crippen molar-refractivity contribution in [1.29, 1.82) is 0 Å². The summed E-state index contributed by atoms with van der Waals surface area (Å²) in [5.41, 5.74) is 3.75. The third-order valence-corrected chi connectivity index (χ3v) is 4.66. The predicted molar refractivity (Wildman–Crippen MR) is 85.9 cm³/mol. The minimum Gasteiger partial charge on any atom is -0.310 e. The Hall–Kier alpha value is -0.890. The molecule has 20 heavy (non-hydrogen) atoms. The predicted octanol–water partition coefficient (Wildman–Crippen LogP) is 4.57. The van der Waals surface area contributed by atoms with Gasteiger partial charge in [0.2, 0.25) is 0 Å². The van der Waals surface area contributed by atoms with Crippen LogP contribution < -0.4 is 5.32 Å². The lowest BCUT2D eigenvalue weighted by Gasteiger charge is -2.34. The van der Waals surface area contributed by atoms with E-state index in [0.717, 1.165) is 24.1 Å². The Morgan fingerprint density at radius 3 is 2.75 bits per heavy atom. The fourth-order valence-corrected chi connectivity index (χ4v) is 3.64. The van der Waals surface area contributed by atoms with Gasteiger partial charge in [0.25, 0.3) is 0 Å². The van der Waals surface area contributed by atoms with Gasteiger partial charge in [0, 0.05) is 17.4 Å². The van der Waals surface area contributed by atoms with Crippen molar-refractivity contribution in [3.8, 4) is 0 Å². The molecule has 1 aliphatic rings. The Balaban J connectivity index is 2.21. The smallest absolute Gasteiger partial charge is 0.0423 e. The summed E-state index contributed by atoms with van der Waals surface area (Å²) >= 11 is 0. The molecule has 1 saturated carbocycles. The fourth-order valence-electron chi connectivity index (χ4n) is 3.64. The summed E-state index contributed by atoms with van der Waals surface area (Å²) in [6.45, 7) is 9.99. The third kappa shape index (κ3) is 3.82. The first-order valence-electron chi connectivity index (χ1n) is 8.29. The SMILES string of the molecule is CCCNC(c1ccc(C)nc1C)C1CCCC(C)C1. The lowest BCUT2D eigenvalue weighted by Crippen LogP contribution is -2.32. The summed E-state index contributed by atoms with van der Waals surface area (Å²) in [6, 6.07) is 4.95. The number of hydrogen-bond acceptors (Lipinski definition) is 2. The minimum atomic E-state index is 0.491. The third-order valence-electron chi connectivity index (χ3n) is 4.66. The van der Waals surface area contributed by atoms with Crippen molar-refractivity contribution in [2.45, 2.75) is 65.8 Å². The second-order valence-electron chi connectivity index (χ2n) is 6.59. The van der Waals surface area contributed by atoms with Crippen LogP contribution in [0.25, 0.3) is 0 Å². The summed E-state index contributed by atoms with van der Waals surface area (Å²) in [4.78, 5) is 4.68. The standard InChI is InChI=1S/C18H30N2/c1-5-11-19-18(16-8-6-7-13(2)12-16)17-10-9-14(3)20-15(17)4/h9-10,13,16,18-19H,5-8,11-12H2,1-4H3. The summed E-state index contributed by atoms with van der Waals surface area (Å²) in [6.07, 6.45) is 6.70. The van der Waals surface area contributed by atoms with Crippen molar-refractivity contribution >= 4 is 0 Å². The van der Waals surface area contributed by atoms with E-state index in [9.17, 15) is 0 Å². The summed E-state index contributed by atoms with van der Waals surface area (Å²) in [5, 5.41) is 3.80. The van der Waals surface area contributed by atoms with Gasteiger partial charge in [-0.2, -0.15) is 0 Å². The minimum absolute atomic E-state index is 0.491. The molecule has 0 aromatic carbocycles. The molecule has 0 radical (unpaired) electrons. The zero-order chi connectivity index (χ0) is 14.5. The first-order valence-corrected chi connectivity index (χ1v) is 8.29. The quantitative estimate of drug-likeness (QED) is 0.851. The highest BCUT2D eigenvalue weighted by Gasteiger charge is 2.28. The zero-order valence-corrected chi connectivity index (χ0v) is 13.6. The molecule has 1 N–H and O–H groups in total. The molecule has 1 fully saturated rings. The molecule has 2 nitrogen and oxygen atoms in total. The molecule has 1 aromatic heterocycles. The van der Waals surface area contributed by atoms with Crippen LogP contribution in [0, 0.1) is 25.7 Å². The molecule has 112 valence electrons. The van der Waals surface area contributed by atoms with Crippen LogP contribution in [0.3, 0.4) is 0 Å². The molecule has 0 saturated heterocycles. The summed E-state index contributed by atoms with van der Waals surface area (Å²) in [7, 11) is 0. The molecule has 3 unspecified atom stereocenters. The molecule has 0 spiro atoms. The maximum atomic E-state index is 4.68. The van der Waals surface area contributed by atoms with E-state index in [1.807, 2.05) is 0 Å². The highest BCUT2D eigenvalue weighted by molar-refractivity contribution is 5.26. The molecule has 2 heteroatoms. The number of aromatic nitrogens is 1. The normalized spacial score (nSPS) is 24.6. The van der Waals surface area contributed by atoms with Crippen LogP contribution in [0.2, 0.25) is 0 Å². The van der Waals surface area contributed by atoms with Gasteiger partial charge in [0.05, 0.1) is 0 Å². The van der Waals surface area contributed by atoms with Crippen molar-refractivity contribution in [2.24, 2.45) is 11.8 Å². The molecule has 2 rings (SSSR count). The Kier molecular flexibility index (Phi) is 5.59. The van der Waals surface area contributed by atoms with Gasteiger partial charge < -0.3 is 5.32 Å². The number of nitrogens with one attached hydrogen (secondary N) is 1. The monoisotopic (exact) mass is 274 g/mol. The number of nitrogens with zero attached hydrogens (tertiary/aromatic N) is 1. The Morgan fingerprint density at radius 2 is 2.10 bits per heavy atom. The highest BCUT2D eigenvalue weighted by atomic mass is 14.9. The van der Waals surface area contributed by atoms with Crippen LogP contribution in [-0.4, -0.2) is 11.5 Å². The number of rotatable bonds is 5. The second-order valence-corrected chi connectivity index (χ2v) is 6.59. The van der Waals surface area contributed by atoms with E-state index in [1.54, 1.807) is 0 Å². The summed E-state index contributed by atoms with van der Waals surface area (Å²) in [5.74, 6) is 1.65. The first kappa shape index (κ1) is 15.5. The highest BCUT2D eigenvalue weighted by Crippen LogP contribution is 2.37. The molecule has 0 amide bonds. The van der Waals surface area contributed by atoms with Crippen molar-refractivity contribution < 1.29 is 0 Å². The van der Waals surface area contributed by atoms with Gasteiger partial charge in [0.15, 0.2) is 0 Å². The molecule has 1 heterocycles. The van der Waals surface area contributed by atoms with Crippen LogP contribution in [0.4, 0.5) is 0 Å². The number of aryl methyl sites for hydroxylation is 2. The van der Waals surface area contributed by atoms with Gasteiger partial charge in [-0.25, -0.2) is 0 Å². The van der Waals surface area contributed by atoms with Crippen LogP contribution in [-0.2, 0) is 0 Å². The Labute approximate surface area is 124 Å². The molecule has 0 aliphatic heterocycles. The van der Waals surface area contributed by atoms with Crippen LogP contribution in [0.5, 0.6) is 0 Å². The van der Waals surface area contributed by atoms with Gasteiger partial charge in [-0.15, -0.1) is 0 Å². The van der Waals surface area contributed by atoms with E-state index in [2.05, 4.69) is 50.1 Å². The van der Waals surface area contributed by atoms with Crippen LogP contribution in [0.1, 0.15) is 68.9 Å². The summed E-state index contributed by atoms with van der Waals surface area (Å²) < 4.78 is 0. The number of pyridine rings is 1. The Bertz CT molecular complexity index is 427. The van der Waals surface area contributed by atoms with Crippen molar-refractivity contribution in [2.75, 3.05) is 6.54 Å². The fraction of sp³-hybridized carbons (Fsp3) is 0.722. The van der Waals surface area contributed by atoms with Gasteiger partial charge >= 0.3 is 0 Å². The molecular formula is C18H30N2. The maximum Gasteiger partial charge on any atom is 0.0423 e. The van der Waals surface area contributed by atoms with Crippen molar-refractivity contribution in [3.63, 3.8) is 0 Å². The number of hydrogen-bond donors (Lipinski definition) is 1. The largest absolute Gasteiger partial charge is 0.310 e. The van der Waals surface area contributed by atoms with E-state index < -0.39 is 0 Å². The van der Waals surface area contributed by atoms with Gasteiger partial charge in [-0.1, -0.05) is 32.8 Å². The van der Waals surface area contributed by atoms with E-state index >= 15 is 0 Å². The van der Waals surface area contributed by atoms with E-state index in [-0.39, 0.29) is 0 Å². The van der Waals surface area contributed by atoms with E-state index in [0.29, 0.717) is 6.04 Å². The first-order chi connectivity index (χ1) is 9.61. The van der Waals surface area contributed by atoms with Crippen LogP contribution in [0.15, 0.2) is 12.1 Å². The zero-order valence-electron chi connectivity index (χ0n) is 13.6. The molecule has 3 atom stereocenters. The lowest BCUT2D eigenvalue weighted by molar-refractivity contribution is 0.223. The molecule has 1 aromatic rings. The van der Waals surface area contributed by atoms with Crippen molar-refractivity contribution in [3.05, 3.63) is 29.1 Å². The second kappa shape index (κ2) is 7.21. The van der Waals surface area contributed by atoms with Gasteiger partial charge in [0.1, 0.15) is 0 Å². The van der Waals surface area contributed by atoms with E-state index in [4.69, 9.17) is 0 Å². The maximum absolute atomic E-state index is 4.68. The van der Waals surface area contributed by atoms with E-state index in [1.165, 1.54) is 43.4 Å². The molecule has 1 aliphatic carbocycles. The Morgan fingerprint density at radius 1 is 1.30 bits per heavy atom. The van der Waals surface area contributed by atoms with Crippen LogP contribution >= 0.6 is 0 Å².